The standard InChI is InChI=1S/C19H16FN3O/c20-15-8-6-14(7-9-15)19(24)23-11-10-16-17(22-12-21-16)18(23)13-4-2-1-3-5-13/h1-9,12,18H,10-11H2,(H,21,22). The minimum Gasteiger partial charge on any atom is -0.348 e. The van der Waals surface area contributed by atoms with Gasteiger partial charge in [0.25, 0.3) is 5.91 Å². The number of nitrogens with one attached hydrogen (secondary N) is 1. The summed E-state index contributed by atoms with van der Waals surface area (Å²) < 4.78 is 13.2. The summed E-state index contributed by atoms with van der Waals surface area (Å²) in [5.74, 6) is -0.461. The molecule has 1 unspecified atom stereocenters. The highest BCUT2D eigenvalue weighted by atomic mass is 19.1. The summed E-state index contributed by atoms with van der Waals surface area (Å²) >= 11 is 0. The Hall–Kier alpha value is -2.95. The zero-order chi connectivity index (χ0) is 16.5. The van der Waals surface area contributed by atoms with Crippen LogP contribution in [0.5, 0.6) is 0 Å². The van der Waals surface area contributed by atoms with Crippen molar-refractivity contribution in [2.75, 3.05) is 6.54 Å². The molecule has 0 saturated carbocycles. The number of hydrogen-bond acceptors (Lipinski definition) is 2. The van der Waals surface area contributed by atoms with Gasteiger partial charge in [-0.2, -0.15) is 0 Å². The number of H-pyrrole nitrogens is 1. The van der Waals surface area contributed by atoms with Gasteiger partial charge in [-0.15, -0.1) is 0 Å². The molecule has 0 fully saturated rings. The molecule has 4 nitrogen and oxygen atoms in total. The maximum atomic E-state index is 13.2. The van der Waals surface area contributed by atoms with Gasteiger partial charge >= 0.3 is 0 Å². The number of carbonyl (C=O) groups is 1. The molecular weight excluding hydrogens is 305 g/mol. The fraction of sp³-hybridized carbons (Fsp3) is 0.158. The lowest BCUT2D eigenvalue weighted by molar-refractivity contribution is 0.0690. The zero-order valence-corrected chi connectivity index (χ0v) is 12.9. The van der Waals surface area contributed by atoms with Crippen LogP contribution >= 0.6 is 0 Å². The predicted octanol–water partition coefficient (Wildman–Crippen LogP) is 3.34. The van der Waals surface area contributed by atoms with E-state index in [1.807, 2.05) is 35.2 Å². The number of hydrogen-bond donors (Lipinski definition) is 1. The van der Waals surface area contributed by atoms with Crippen LogP contribution in [0.25, 0.3) is 0 Å². The maximum absolute atomic E-state index is 13.2. The first kappa shape index (κ1) is 14.6. The summed E-state index contributed by atoms with van der Waals surface area (Å²) in [6.07, 6.45) is 2.40. The summed E-state index contributed by atoms with van der Waals surface area (Å²) in [6, 6.07) is 15.3. The summed E-state index contributed by atoms with van der Waals surface area (Å²) in [4.78, 5) is 22.4. The first-order valence-electron chi connectivity index (χ1n) is 7.87. The molecule has 24 heavy (non-hydrogen) atoms. The van der Waals surface area contributed by atoms with Crippen LogP contribution < -0.4 is 0 Å². The average molecular weight is 321 g/mol. The molecule has 2 heterocycles. The van der Waals surface area contributed by atoms with Crippen molar-refractivity contribution in [3.63, 3.8) is 0 Å². The largest absolute Gasteiger partial charge is 0.348 e. The van der Waals surface area contributed by atoms with Gasteiger partial charge in [0.1, 0.15) is 11.9 Å². The number of nitrogens with zero attached hydrogens (tertiary/aromatic N) is 2. The molecule has 1 aliphatic heterocycles. The lowest BCUT2D eigenvalue weighted by Gasteiger charge is -2.35. The molecule has 0 radical (unpaired) electrons. The van der Waals surface area contributed by atoms with Crippen molar-refractivity contribution in [2.45, 2.75) is 12.5 Å². The van der Waals surface area contributed by atoms with Crippen molar-refractivity contribution in [3.05, 3.63) is 89.3 Å². The number of imidazole rings is 1. The van der Waals surface area contributed by atoms with Crippen molar-refractivity contribution in [3.8, 4) is 0 Å². The van der Waals surface area contributed by atoms with E-state index in [4.69, 9.17) is 0 Å². The van der Waals surface area contributed by atoms with Gasteiger partial charge in [0.2, 0.25) is 0 Å². The molecule has 0 saturated heterocycles. The van der Waals surface area contributed by atoms with E-state index in [9.17, 15) is 9.18 Å². The molecule has 3 aromatic rings. The summed E-state index contributed by atoms with van der Waals surface area (Å²) in [6.45, 7) is 0.588. The van der Waals surface area contributed by atoms with E-state index in [2.05, 4.69) is 9.97 Å². The second kappa shape index (κ2) is 5.92. The normalized spacial score (nSPS) is 16.7. The molecule has 0 spiro atoms. The SMILES string of the molecule is O=C(c1ccc(F)cc1)N1CCc2[nH]cnc2C1c1ccccc1. The van der Waals surface area contributed by atoms with Crippen LogP contribution in [0.15, 0.2) is 60.9 Å². The summed E-state index contributed by atoms with van der Waals surface area (Å²) in [7, 11) is 0. The Morgan fingerprint density at radius 2 is 1.88 bits per heavy atom. The van der Waals surface area contributed by atoms with Crippen molar-refractivity contribution < 1.29 is 9.18 Å². The number of aromatic amines is 1. The number of benzene rings is 2. The maximum Gasteiger partial charge on any atom is 0.254 e. The van der Waals surface area contributed by atoms with Crippen LogP contribution in [0.3, 0.4) is 0 Å². The van der Waals surface area contributed by atoms with Crippen molar-refractivity contribution in [1.29, 1.82) is 0 Å². The second-order valence-electron chi connectivity index (χ2n) is 5.83. The number of rotatable bonds is 2. The van der Waals surface area contributed by atoms with E-state index < -0.39 is 0 Å². The topological polar surface area (TPSA) is 49.0 Å². The Balaban J connectivity index is 1.76. The van der Waals surface area contributed by atoms with E-state index in [0.717, 1.165) is 23.4 Å². The van der Waals surface area contributed by atoms with Crippen molar-refractivity contribution in [2.24, 2.45) is 0 Å². The Kier molecular flexibility index (Phi) is 3.61. The highest BCUT2D eigenvalue weighted by Gasteiger charge is 2.34. The van der Waals surface area contributed by atoms with Gasteiger partial charge in [0.05, 0.1) is 12.0 Å². The number of amides is 1. The van der Waals surface area contributed by atoms with Crippen molar-refractivity contribution in [1.82, 2.24) is 14.9 Å². The zero-order valence-electron chi connectivity index (χ0n) is 12.9. The van der Waals surface area contributed by atoms with E-state index in [0.29, 0.717) is 12.1 Å². The number of aromatic nitrogens is 2. The first-order chi connectivity index (χ1) is 11.7. The van der Waals surface area contributed by atoms with E-state index in [-0.39, 0.29) is 17.8 Å². The molecule has 2 aromatic carbocycles. The third-order valence-electron chi connectivity index (χ3n) is 4.39. The highest BCUT2D eigenvalue weighted by molar-refractivity contribution is 5.94. The minimum atomic E-state index is -0.348. The van der Waals surface area contributed by atoms with E-state index in [1.54, 1.807) is 6.33 Å². The molecule has 4 rings (SSSR count). The van der Waals surface area contributed by atoms with Gasteiger partial charge in [0.15, 0.2) is 0 Å². The molecule has 1 amide bonds. The van der Waals surface area contributed by atoms with Crippen LogP contribution in [0.2, 0.25) is 0 Å². The molecule has 1 aromatic heterocycles. The molecule has 0 bridgehead atoms. The predicted molar refractivity (Wildman–Crippen MR) is 88.0 cm³/mol. The summed E-state index contributed by atoms with van der Waals surface area (Å²) in [5, 5.41) is 0. The van der Waals surface area contributed by atoms with E-state index in [1.165, 1.54) is 24.3 Å². The minimum absolute atomic E-state index is 0.113. The van der Waals surface area contributed by atoms with E-state index >= 15 is 0 Å². The Labute approximate surface area is 139 Å². The number of fused-ring (bicyclic) bond motifs is 1. The monoisotopic (exact) mass is 321 g/mol. The molecule has 1 atom stereocenters. The third-order valence-corrected chi connectivity index (χ3v) is 4.39. The number of carbonyl (C=O) groups excluding carboxylic acids is 1. The number of halogens is 1. The lowest BCUT2D eigenvalue weighted by atomic mass is 9.95. The Morgan fingerprint density at radius 3 is 2.62 bits per heavy atom. The van der Waals surface area contributed by atoms with Gasteiger partial charge in [-0.1, -0.05) is 30.3 Å². The van der Waals surface area contributed by atoms with Gasteiger partial charge in [-0.25, -0.2) is 9.37 Å². The van der Waals surface area contributed by atoms with Crippen LogP contribution in [0.4, 0.5) is 4.39 Å². The quantitative estimate of drug-likeness (QED) is 0.787. The molecule has 5 heteroatoms. The molecular formula is C19H16FN3O. The van der Waals surface area contributed by atoms with Gasteiger partial charge in [-0.3, -0.25) is 4.79 Å². The van der Waals surface area contributed by atoms with Crippen LogP contribution in [0, 0.1) is 5.82 Å². The summed E-state index contributed by atoms with van der Waals surface area (Å²) in [5.41, 5.74) is 3.44. The Morgan fingerprint density at radius 1 is 1.12 bits per heavy atom. The molecule has 1 aliphatic rings. The second-order valence-corrected chi connectivity index (χ2v) is 5.83. The highest BCUT2D eigenvalue weighted by Crippen LogP contribution is 2.34. The van der Waals surface area contributed by atoms with Gasteiger partial charge in [-0.05, 0) is 29.8 Å². The third kappa shape index (κ3) is 2.48. The average Bonchev–Trinajstić information content (AvgIpc) is 3.10. The van der Waals surface area contributed by atoms with Crippen molar-refractivity contribution >= 4 is 5.91 Å². The van der Waals surface area contributed by atoms with Gasteiger partial charge < -0.3 is 9.88 Å². The van der Waals surface area contributed by atoms with Gasteiger partial charge in [0, 0.05) is 24.2 Å². The van der Waals surface area contributed by atoms with Crippen LogP contribution in [0.1, 0.15) is 33.4 Å². The smallest absolute Gasteiger partial charge is 0.254 e. The lowest BCUT2D eigenvalue weighted by Crippen LogP contribution is -2.40. The molecule has 0 aliphatic carbocycles. The molecule has 1 N–H and O–H groups in total. The fourth-order valence-electron chi connectivity index (χ4n) is 3.23. The molecule has 120 valence electrons. The van der Waals surface area contributed by atoms with Crippen LogP contribution in [-0.2, 0) is 6.42 Å². The fourth-order valence-corrected chi connectivity index (χ4v) is 3.23. The van der Waals surface area contributed by atoms with Crippen LogP contribution in [-0.4, -0.2) is 27.3 Å². The Bertz CT molecular complexity index is 858. The first-order valence-corrected chi connectivity index (χ1v) is 7.87.